The molecule has 262 valence electrons. The number of benzene rings is 3. The molecule has 1 saturated carbocycles. The van der Waals surface area contributed by atoms with Gasteiger partial charge >= 0.3 is 5.97 Å². The Morgan fingerprint density at radius 2 is 1.73 bits per heavy atom. The number of fused-ring (bicyclic) bond motifs is 1. The molecule has 6 rings (SSSR count). The molecular weight excluding hydrogens is 616 g/mol. The van der Waals surface area contributed by atoms with Gasteiger partial charge in [-0.05, 0) is 111 Å². The fourth-order valence-corrected chi connectivity index (χ4v) is 8.69. The molecule has 1 saturated heterocycles. The van der Waals surface area contributed by atoms with Crippen LogP contribution in [-0.2, 0) is 39.0 Å². The number of carbonyl (C=O) groups excluding carboxylic acids is 2. The second-order valence-electron chi connectivity index (χ2n) is 14.3. The van der Waals surface area contributed by atoms with Crippen molar-refractivity contribution in [2.45, 2.75) is 81.8 Å². The molecule has 0 unspecified atom stereocenters. The molecular formula is C41H52N2O6. The number of hydrogen-bond donors (Lipinski definition) is 0. The predicted octanol–water partition coefficient (Wildman–Crippen LogP) is 6.41. The lowest BCUT2D eigenvalue weighted by Gasteiger charge is -2.59. The van der Waals surface area contributed by atoms with Crippen LogP contribution in [0, 0.1) is 5.92 Å². The van der Waals surface area contributed by atoms with E-state index in [1.165, 1.54) is 36.0 Å². The lowest BCUT2D eigenvalue weighted by Crippen LogP contribution is -2.62. The van der Waals surface area contributed by atoms with Crippen molar-refractivity contribution in [3.05, 3.63) is 89.0 Å². The van der Waals surface area contributed by atoms with Crippen molar-refractivity contribution < 1.29 is 28.5 Å². The fourth-order valence-electron chi connectivity index (χ4n) is 8.69. The highest BCUT2D eigenvalue weighted by Gasteiger charge is 2.54. The number of methoxy groups -OCH3 is 2. The van der Waals surface area contributed by atoms with E-state index in [0.29, 0.717) is 12.5 Å². The molecule has 2 aliphatic carbocycles. The van der Waals surface area contributed by atoms with Gasteiger partial charge in [-0.15, -0.1) is 0 Å². The number of para-hydroxylation sites is 1. The number of carbonyl (C=O) groups is 2. The van der Waals surface area contributed by atoms with Crippen LogP contribution in [-0.4, -0.2) is 81.8 Å². The third kappa shape index (κ3) is 7.90. The van der Waals surface area contributed by atoms with Crippen molar-refractivity contribution in [3.63, 3.8) is 0 Å². The number of ether oxygens (including phenoxy) is 4. The van der Waals surface area contributed by atoms with Crippen LogP contribution in [0.25, 0.3) is 0 Å². The normalized spacial score (nSPS) is 21.7. The third-order valence-corrected chi connectivity index (χ3v) is 11.0. The molecule has 0 aromatic heterocycles. The van der Waals surface area contributed by atoms with E-state index in [9.17, 15) is 9.59 Å². The van der Waals surface area contributed by atoms with Gasteiger partial charge in [0.05, 0.1) is 20.6 Å². The number of piperidine rings is 1. The average molecular weight is 669 g/mol. The number of nitrogens with zero attached hydrogens (tertiary/aromatic N) is 2. The number of amides is 1. The Morgan fingerprint density at radius 1 is 0.918 bits per heavy atom. The number of hydrogen-bond acceptors (Lipinski definition) is 7. The van der Waals surface area contributed by atoms with Crippen LogP contribution < -0.4 is 14.2 Å². The maximum absolute atomic E-state index is 13.8. The van der Waals surface area contributed by atoms with Crippen molar-refractivity contribution in [2.75, 3.05) is 48.0 Å². The van der Waals surface area contributed by atoms with Crippen LogP contribution in [0.4, 0.5) is 0 Å². The molecule has 8 heteroatoms. The Balaban J connectivity index is 1.05. The van der Waals surface area contributed by atoms with Crippen molar-refractivity contribution in [2.24, 2.45) is 5.92 Å². The summed E-state index contributed by atoms with van der Waals surface area (Å²) in [5.74, 6) is 2.70. The average Bonchev–Trinajstić information content (AvgIpc) is 3.12. The van der Waals surface area contributed by atoms with E-state index in [1.807, 2.05) is 55.4 Å². The minimum atomic E-state index is -0.464. The molecule has 2 fully saturated rings. The highest BCUT2D eigenvalue weighted by Crippen LogP contribution is 2.56. The van der Waals surface area contributed by atoms with Crippen molar-refractivity contribution in [1.82, 2.24) is 9.80 Å². The molecule has 1 amide bonds. The van der Waals surface area contributed by atoms with Gasteiger partial charge < -0.3 is 28.7 Å². The maximum atomic E-state index is 13.8. The molecule has 2 bridgehead atoms. The second kappa shape index (κ2) is 15.7. The van der Waals surface area contributed by atoms with Gasteiger partial charge in [0.2, 0.25) is 5.91 Å². The Bertz CT molecular complexity index is 1610. The summed E-state index contributed by atoms with van der Waals surface area (Å²) in [6.07, 6.45) is 8.00. The van der Waals surface area contributed by atoms with Gasteiger partial charge in [-0.1, -0.05) is 49.2 Å². The fraction of sp³-hybridized carbons (Fsp3) is 0.512. The smallest absolute Gasteiger partial charge is 0.306 e. The van der Waals surface area contributed by atoms with Crippen molar-refractivity contribution >= 4 is 11.9 Å². The molecule has 4 atom stereocenters. The monoisotopic (exact) mass is 668 g/mol. The molecule has 8 nitrogen and oxygen atoms in total. The Hall–Kier alpha value is -4.04. The van der Waals surface area contributed by atoms with Gasteiger partial charge in [0.1, 0.15) is 30.0 Å². The molecule has 1 aliphatic heterocycles. The first-order valence-corrected chi connectivity index (χ1v) is 17.9. The minimum absolute atomic E-state index is 0.0588. The molecule has 49 heavy (non-hydrogen) atoms. The Kier molecular flexibility index (Phi) is 11.1. The molecule has 1 heterocycles. The van der Waals surface area contributed by atoms with Gasteiger partial charge in [0.25, 0.3) is 0 Å². The lowest BCUT2D eigenvalue weighted by atomic mass is 9.52. The SMILES string of the molecule is COc1cccc(CCc2ccccc2OC[C@H](CN(C)C)OC(=O)CCC(=O)N2CC[C@@]34CCCC[C@@H]3[C@@H]2Cc2ccc(OC)cc24)c1. The van der Waals surface area contributed by atoms with E-state index >= 15 is 0 Å². The molecule has 3 aliphatic rings. The Morgan fingerprint density at radius 3 is 2.55 bits per heavy atom. The number of rotatable bonds is 14. The summed E-state index contributed by atoms with van der Waals surface area (Å²) in [6.45, 7) is 1.49. The number of aryl methyl sites for hydroxylation is 2. The first-order valence-electron chi connectivity index (χ1n) is 17.9. The Labute approximate surface area is 291 Å². The van der Waals surface area contributed by atoms with Crippen molar-refractivity contribution in [1.29, 1.82) is 0 Å². The van der Waals surface area contributed by atoms with Crippen molar-refractivity contribution in [3.8, 4) is 17.2 Å². The summed E-state index contributed by atoms with van der Waals surface area (Å²) in [4.78, 5) is 31.0. The first-order chi connectivity index (χ1) is 23.8. The zero-order valence-corrected chi connectivity index (χ0v) is 29.6. The summed E-state index contributed by atoms with van der Waals surface area (Å²) < 4.78 is 23.2. The number of likely N-dealkylation sites (tertiary alicyclic amines) is 1. The third-order valence-electron chi connectivity index (χ3n) is 11.0. The van der Waals surface area contributed by atoms with Gasteiger partial charge in [-0.25, -0.2) is 0 Å². The minimum Gasteiger partial charge on any atom is -0.497 e. The molecule has 0 radical (unpaired) electrons. The zero-order chi connectivity index (χ0) is 34.4. The zero-order valence-electron chi connectivity index (χ0n) is 29.6. The van der Waals surface area contributed by atoms with E-state index in [-0.39, 0.29) is 42.8 Å². The van der Waals surface area contributed by atoms with Crippen LogP contribution in [0.1, 0.15) is 67.2 Å². The van der Waals surface area contributed by atoms with Crippen LogP contribution in [0.3, 0.4) is 0 Å². The first kappa shape index (κ1) is 34.8. The van der Waals surface area contributed by atoms with E-state index in [2.05, 4.69) is 35.2 Å². The highest BCUT2D eigenvalue weighted by molar-refractivity contribution is 5.82. The molecule has 3 aromatic rings. The number of likely N-dealkylation sites (N-methyl/N-ethyl adjacent to an activating group) is 1. The van der Waals surface area contributed by atoms with E-state index in [4.69, 9.17) is 18.9 Å². The molecule has 0 spiro atoms. The van der Waals surface area contributed by atoms with Gasteiger partial charge in [-0.2, -0.15) is 0 Å². The van der Waals surface area contributed by atoms with Crippen LogP contribution in [0.15, 0.2) is 66.7 Å². The van der Waals surface area contributed by atoms with Crippen LogP contribution in [0.5, 0.6) is 17.2 Å². The number of esters is 1. The second-order valence-corrected chi connectivity index (χ2v) is 14.3. The topological polar surface area (TPSA) is 77.5 Å². The van der Waals surface area contributed by atoms with Crippen LogP contribution in [0.2, 0.25) is 0 Å². The van der Waals surface area contributed by atoms with Gasteiger partial charge in [0, 0.05) is 31.0 Å². The summed E-state index contributed by atoms with van der Waals surface area (Å²) in [6, 6.07) is 22.8. The predicted molar refractivity (Wildman–Crippen MR) is 190 cm³/mol. The lowest BCUT2D eigenvalue weighted by molar-refractivity contribution is -0.154. The summed E-state index contributed by atoms with van der Waals surface area (Å²) in [7, 11) is 7.31. The maximum Gasteiger partial charge on any atom is 0.306 e. The molecule has 0 N–H and O–H groups in total. The van der Waals surface area contributed by atoms with Crippen LogP contribution >= 0.6 is 0 Å². The summed E-state index contributed by atoms with van der Waals surface area (Å²) >= 11 is 0. The highest BCUT2D eigenvalue weighted by atomic mass is 16.6. The van der Waals surface area contributed by atoms with Gasteiger partial charge in [-0.3, -0.25) is 9.59 Å². The van der Waals surface area contributed by atoms with Gasteiger partial charge in [0.15, 0.2) is 0 Å². The molecule has 3 aromatic carbocycles. The largest absolute Gasteiger partial charge is 0.497 e. The standard InChI is InChI=1S/C41H52N2O6/c1-42(2)27-34(28-48-38-14-6-5-11-30(38)16-15-29-10-9-12-32(24-29)46-3)49-40(45)20-19-39(44)43-23-22-41-21-8-7-13-35(41)37(43)25-31-17-18-33(47-4)26-36(31)41/h5-6,9-12,14,17-18,24,26,34-35,37H,7-8,13,15-16,19-23,25,27-28H2,1-4H3/t34-,35+,37-,41-/m0/s1. The summed E-state index contributed by atoms with van der Waals surface area (Å²) in [5, 5.41) is 0. The summed E-state index contributed by atoms with van der Waals surface area (Å²) in [5.41, 5.74) is 5.19. The quantitative estimate of drug-likeness (QED) is 0.184. The van der Waals surface area contributed by atoms with E-state index in [1.54, 1.807) is 14.2 Å². The van der Waals surface area contributed by atoms with E-state index < -0.39 is 6.10 Å². The van der Waals surface area contributed by atoms with E-state index in [0.717, 1.165) is 61.5 Å².